The van der Waals surface area contributed by atoms with E-state index >= 15 is 0 Å². The van der Waals surface area contributed by atoms with Crippen molar-refractivity contribution in [3.05, 3.63) is 79.1 Å². The lowest BCUT2D eigenvalue weighted by Gasteiger charge is -2.09. The quantitative estimate of drug-likeness (QED) is 0.550. The molecule has 0 fully saturated rings. The van der Waals surface area contributed by atoms with Gasteiger partial charge < -0.3 is 11.5 Å². The minimum absolute atomic E-state index is 0.637. The molecule has 126 valence electrons. The summed E-state index contributed by atoms with van der Waals surface area (Å²) in [5, 5.41) is 0. The highest BCUT2D eigenvalue weighted by Crippen LogP contribution is 2.27. The van der Waals surface area contributed by atoms with Gasteiger partial charge in [-0.1, -0.05) is 12.1 Å². The topological polar surface area (TPSA) is 90.7 Å². The van der Waals surface area contributed by atoms with Gasteiger partial charge in [-0.25, -0.2) is 9.97 Å². The van der Waals surface area contributed by atoms with Crippen molar-refractivity contribution in [3.63, 3.8) is 0 Å². The van der Waals surface area contributed by atoms with Crippen LogP contribution in [-0.2, 0) is 0 Å². The van der Waals surface area contributed by atoms with Crippen LogP contribution in [0.25, 0.3) is 33.9 Å². The molecule has 2 heterocycles. The van der Waals surface area contributed by atoms with Gasteiger partial charge in [-0.15, -0.1) is 0 Å². The minimum Gasteiger partial charge on any atom is -0.399 e. The molecule has 4 aromatic rings. The van der Waals surface area contributed by atoms with E-state index in [1.807, 2.05) is 66.7 Å². The Morgan fingerprint density at radius 1 is 0.615 bits per heavy atom. The smallest absolute Gasteiger partial charge is 0.160 e. The molecule has 5 nitrogen and oxygen atoms in total. The molecular formula is C21H17N5. The summed E-state index contributed by atoms with van der Waals surface area (Å²) in [7, 11) is 0. The van der Waals surface area contributed by atoms with Crippen molar-refractivity contribution < 1.29 is 0 Å². The van der Waals surface area contributed by atoms with Gasteiger partial charge in [0, 0.05) is 40.5 Å². The predicted molar refractivity (Wildman–Crippen MR) is 105 cm³/mol. The molecule has 4 N–H and O–H groups in total. The standard InChI is InChI=1S/C21H17N5/c22-17-7-3-14(4-8-17)19-12-20(16-2-1-11-24-13-16)26-21(25-19)15-5-9-18(23)10-6-15/h1-13H,22-23H2. The van der Waals surface area contributed by atoms with E-state index in [-0.39, 0.29) is 0 Å². The first-order chi connectivity index (χ1) is 12.7. The first-order valence-corrected chi connectivity index (χ1v) is 8.20. The van der Waals surface area contributed by atoms with Gasteiger partial charge in [0.1, 0.15) is 0 Å². The molecule has 0 radical (unpaired) electrons. The van der Waals surface area contributed by atoms with E-state index in [9.17, 15) is 0 Å². The van der Waals surface area contributed by atoms with E-state index in [0.717, 1.165) is 28.1 Å². The zero-order valence-electron chi connectivity index (χ0n) is 14.0. The summed E-state index contributed by atoms with van der Waals surface area (Å²) < 4.78 is 0. The van der Waals surface area contributed by atoms with Crippen LogP contribution in [0.1, 0.15) is 0 Å². The lowest BCUT2D eigenvalue weighted by Crippen LogP contribution is -1.96. The molecule has 2 aromatic carbocycles. The van der Waals surface area contributed by atoms with E-state index in [1.54, 1.807) is 12.4 Å². The predicted octanol–water partition coefficient (Wildman–Crippen LogP) is 4.04. The first-order valence-electron chi connectivity index (χ1n) is 8.20. The molecule has 2 aromatic heterocycles. The van der Waals surface area contributed by atoms with Gasteiger partial charge in [-0.2, -0.15) is 0 Å². The van der Waals surface area contributed by atoms with Crippen molar-refractivity contribution in [2.75, 3.05) is 11.5 Å². The minimum atomic E-state index is 0.637. The molecule has 26 heavy (non-hydrogen) atoms. The second kappa shape index (κ2) is 6.64. The maximum Gasteiger partial charge on any atom is 0.160 e. The summed E-state index contributed by atoms with van der Waals surface area (Å²) in [6.07, 6.45) is 3.54. The number of nitrogens with zero attached hydrogens (tertiary/aromatic N) is 3. The molecule has 0 aliphatic heterocycles. The highest BCUT2D eigenvalue weighted by atomic mass is 14.9. The fraction of sp³-hybridized carbons (Fsp3) is 0. The molecular weight excluding hydrogens is 322 g/mol. The fourth-order valence-electron chi connectivity index (χ4n) is 2.67. The van der Waals surface area contributed by atoms with E-state index in [2.05, 4.69) is 4.98 Å². The summed E-state index contributed by atoms with van der Waals surface area (Å²) in [5.74, 6) is 0.637. The van der Waals surface area contributed by atoms with E-state index in [0.29, 0.717) is 17.2 Å². The molecule has 0 aliphatic carbocycles. The third kappa shape index (κ3) is 3.23. The number of benzene rings is 2. The van der Waals surface area contributed by atoms with Crippen LogP contribution in [0.15, 0.2) is 79.1 Å². The van der Waals surface area contributed by atoms with Crippen molar-refractivity contribution >= 4 is 11.4 Å². The Hall–Kier alpha value is -3.73. The molecule has 0 saturated heterocycles. The van der Waals surface area contributed by atoms with Gasteiger partial charge >= 0.3 is 0 Å². The number of anilines is 2. The van der Waals surface area contributed by atoms with Crippen molar-refractivity contribution in [1.29, 1.82) is 0 Å². The zero-order valence-corrected chi connectivity index (χ0v) is 14.0. The normalized spacial score (nSPS) is 10.6. The van der Waals surface area contributed by atoms with Crippen molar-refractivity contribution in [1.82, 2.24) is 15.0 Å². The molecule has 0 aliphatic rings. The summed E-state index contributed by atoms with van der Waals surface area (Å²) in [6.45, 7) is 0. The third-order valence-electron chi connectivity index (χ3n) is 4.06. The highest BCUT2D eigenvalue weighted by Gasteiger charge is 2.10. The number of aromatic nitrogens is 3. The van der Waals surface area contributed by atoms with Gasteiger partial charge in [0.2, 0.25) is 0 Å². The van der Waals surface area contributed by atoms with Gasteiger partial charge in [0.15, 0.2) is 5.82 Å². The third-order valence-corrected chi connectivity index (χ3v) is 4.06. The number of hydrogen-bond donors (Lipinski definition) is 2. The molecule has 0 spiro atoms. The number of rotatable bonds is 3. The Balaban J connectivity index is 1.89. The highest BCUT2D eigenvalue weighted by molar-refractivity contribution is 5.72. The Bertz CT molecular complexity index is 962. The summed E-state index contributed by atoms with van der Waals surface area (Å²) >= 11 is 0. The van der Waals surface area contributed by atoms with E-state index < -0.39 is 0 Å². The Morgan fingerprint density at radius 2 is 1.19 bits per heavy atom. The Morgan fingerprint density at radius 3 is 1.77 bits per heavy atom. The van der Waals surface area contributed by atoms with Crippen molar-refractivity contribution in [2.24, 2.45) is 0 Å². The molecule has 5 heteroatoms. The van der Waals surface area contributed by atoms with Crippen molar-refractivity contribution in [2.45, 2.75) is 0 Å². The van der Waals surface area contributed by atoms with E-state index in [1.165, 1.54) is 0 Å². The molecule has 4 rings (SSSR count). The van der Waals surface area contributed by atoms with Gasteiger partial charge in [-0.05, 0) is 54.6 Å². The SMILES string of the molecule is Nc1ccc(-c2cc(-c3cccnc3)nc(-c3ccc(N)cc3)n2)cc1. The average Bonchev–Trinajstić information content (AvgIpc) is 2.69. The largest absolute Gasteiger partial charge is 0.399 e. The molecule has 0 saturated carbocycles. The van der Waals surface area contributed by atoms with Crippen LogP contribution >= 0.6 is 0 Å². The fourth-order valence-corrected chi connectivity index (χ4v) is 2.67. The van der Waals surface area contributed by atoms with Crippen LogP contribution in [-0.4, -0.2) is 15.0 Å². The van der Waals surface area contributed by atoms with Crippen LogP contribution < -0.4 is 11.5 Å². The molecule has 0 bridgehead atoms. The maximum absolute atomic E-state index is 5.81. The number of nitrogen functional groups attached to an aromatic ring is 2. The Kier molecular flexibility index (Phi) is 4.03. The molecule has 0 atom stereocenters. The molecule has 0 unspecified atom stereocenters. The van der Waals surface area contributed by atoms with Crippen LogP contribution in [0.2, 0.25) is 0 Å². The lowest BCUT2D eigenvalue weighted by molar-refractivity contribution is 1.18. The lowest BCUT2D eigenvalue weighted by atomic mass is 10.1. The number of hydrogen-bond acceptors (Lipinski definition) is 5. The van der Waals surface area contributed by atoms with Gasteiger partial charge in [0.05, 0.1) is 11.4 Å². The van der Waals surface area contributed by atoms with Crippen molar-refractivity contribution in [3.8, 4) is 33.9 Å². The Labute approximate surface area is 151 Å². The van der Waals surface area contributed by atoms with Crippen LogP contribution in [0.4, 0.5) is 11.4 Å². The number of nitrogens with two attached hydrogens (primary N) is 2. The van der Waals surface area contributed by atoms with Gasteiger partial charge in [0.25, 0.3) is 0 Å². The summed E-state index contributed by atoms with van der Waals surface area (Å²) in [5.41, 5.74) is 17.5. The second-order valence-corrected chi connectivity index (χ2v) is 5.95. The average molecular weight is 339 g/mol. The maximum atomic E-state index is 5.81. The monoisotopic (exact) mass is 339 g/mol. The van der Waals surface area contributed by atoms with Crippen LogP contribution in [0.5, 0.6) is 0 Å². The van der Waals surface area contributed by atoms with E-state index in [4.69, 9.17) is 21.4 Å². The van der Waals surface area contributed by atoms with Crippen LogP contribution in [0, 0.1) is 0 Å². The molecule has 0 amide bonds. The summed E-state index contributed by atoms with van der Waals surface area (Å²) in [4.78, 5) is 13.7. The summed E-state index contributed by atoms with van der Waals surface area (Å²) in [6, 6.07) is 21.0. The zero-order chi connectivity index (χ0) is 17.9. The van der Waals surface area contributed by atoms with Gasteiger partial charge in [-0.3, -0.25) is 4.98 Å². The first kappa shape index (κ1) is 15.8. The second-order valence-electron chi connectivity index (χ2n) is 5.95. The number of pyridine rings is 1. The van der Waals surface area contributed by atoms with Crippen LogP contribution in [0.3, 0.4) is 0 Å².